The SMILES string of the molecule is CC1C=CCC2CCC(=Cc3ccco3)C(=O)C12. The Balaban J connectivity index is 1.88. The maximum Gasteiger partial charge on any atom is 0.162 e. The fourth-order valence-electron chi connectivity index (χ4n) is 3.28. The van der Waals surface area contributed by atoms with Crippen LogP contribution >= 0.6 is 0 Å². The van der Waals surface area contributed by atoms with Crippen LogP contribution in [0.15, 0.2) is 40.5 Å². The average molecular weight is 242 g/mol. The quantitative estimate of drug-likeness (QED) is 0.553. The van der Waals surface area contributed by atoms with Crippen molar-refractivity contribution < 1.29 is 9.21 Å². The molecule has 1 fully saturated rings. The molecule has 18 heavy (non-hydrogen) atoms. The number of fused-ring (bicyclic) bond motifs is 1. The molecule has 2 nitrogen and oxygen atoms in total. The molecule has 2 aliphatic rings. The lowest BCUT2D eigenvalue weighted by molar-refractivity contribution is -0.123. The van der Waals surface area contributed by atoms with Gasteiger partial charge in [0.2, 0.25) is 0 Å². The van der Waals surface area contributed by atoms with E-state index >= 15 is 0 Å². The smallest absolute Gasteiger partial charge is 0.162 e. The van der Waals surface area contributed by atoms with Crippen molar-refractivity contribution in [2.45, 2.75) is 26.2 Å². The van der Waals surface area contributed by atoms with Crippen molar-refractivity contribution in [1.82, 2.24) is 0 Å². The molecule has 0 aromatic carbocycles. The molecule has 1 aromatic heterocycles. The predicted molar refractivity (Wildman–Crippen MR) is 70.8 cm³/mol. The van der Waals surface area contributed by atoms with E-state index in [9.17, 15) is 4.79 Å². The third-order valence-corrected chi connectivity index (χ3v) is 4.22. The molecule has 3 unspecified atom stereocenters. The summed E-state index contributed by atoms with van der Waals surface area (Å²) >= 11 is 0. The van der Waals surface area contributed by atoms with Crippen LogP contribution in [0, 0.1) is 17.8 Å². The van der Waals surface area contributed by atoms with Gasteiger partial charge in [-0.3, -0.25) is 4.79 Å². The second-order valence-electron chi connectivity index (χ2n) is 5.40. The van der Waals surface area contributed by atoms with Crippen LogP contribution in [0.5, 0.6) is 0 Å². The van der Waals surface area contributed by atoms with E-state index in [4.69, 9.17) is 4.42 Å². The first-order valence-electron chi connectivity index (χ1n) is 6.70. The number of carbonyl (C=O) groups excluding carboxylic acids is 1. The highest BCUT2D eigenvalue weighted by Crippen LogP contribution is 2.41. The maximum absolute atomic E-state index is 12.6. The first-order chi connectivity index (χ1) is 8.75. The van der Waals surface area contributed by atoms with Crippen LogP contribution in [0.25, 0.3) is 6.08 Å². The molecular weight excluding hydrogens is 224 g/mol. The Morgan fingerprint density at radius 1 is 1.44 bits per heavy atom. The van der Waals surface area contributed by atoms with E-state index in [-0.39, 0.29) is 5.92 Å². The molecule has 0 radical (unpaired) electrons. The summed E-state index contributed by atoms with van der Waals surface area (Å²) in [4.78, 5) is 12.6. The molecule has 0 N–H and O–H groups in total. The second kappa shape index (κ2) is 4.60. The van der Waals surface area contributed by atoms with Gasteiger partial charge in [-0.15, -0.1) is 0 Å². The van der Waals surface area contributed by atoms with Gasteiger partial charge in [0.25, 0.3) is 0 Å². The molecule has 1 aromatic rings. The molecule has 2 aliphatic carbocycles. The first-order valence-corrected chi connectivity index (χ1v) is 6.70. The minimum Gasteiger partial charge on any atom is -0.465 e. The summed E-state index contributed by atoms with van der Waals surface area (Å²) < 4.78 is 5.30. The van der Waals surface area contributed by atoms with Crippen molar-refractivity contribution in [3.8, 4) is 0 Å². The molecule has 3 atom stereocenters. The molecule has 0 spiro atoms. The highest BCUT2D eigenvalue weighted by atomic mass is 16.3. The van der Waals surface area contributed by atoms with E-state index in [1.165, 1.54) is 0 Å². The van der Waals surface area contributed by atoms with Gasteiger partial charge in [-0.2, -0.15) is 0 Å². The summed E-state index contributed by atoms with van der Waals surface area (Å²) in [5.74, 6) is 2.23. The van der Waals surface area contributed by atoms with Crippen LogP contribution < -0.4 is 0 Å². The van der Waals surface area contributed by atoms with Gasteiger partial charge in [0.15, 0.2) is 5.78 Å². The van der Waals surface area contributed by atoms with Crippen molar-refractivity contribution in [1.29, 1.82) is 0 Å². The zero-order chi connectivity index (χ0) is 12.5. The van der Waals surface area contributed by atoms with E-state index in [2.05, 4.69) is 19.1 Å². The summed E-state index contributed by atoms with van der Waals surface area (Å²) in [5, 5.41) is 0. The van der Waals surface area contributed by atoms with Crippen molar-refractivity contribution >= 4 is 11.9 Å². The largest absolute Gasteiger partial charge is 0.465 e. The number of hydrogen-bond donors (Lipinski definition) is 0. The van der Waals surface area contributed by atoms with Gasteiger partial charge in [0.05, 0.1) is 6.26 Å². The molecule has 2 heteroatoms. The Hall–Kier alpha value is -1.57. The van der Waals surface area contributed by atoms with E-state index < -0.39 is 0 Å². The summed E-state index contributed by atoms with van der Waals surface area (Å²) in [6, 6.07) is 3.76. The van der Waals surface area contributed by atoms with Gasteiger partial charge in [-0.1, -0.05) is 19.1 Å². The third-order valence-electron chi connectivity index (χ3n) is 4.22. The fourth-order valence-corrected chi connectivity index (χ4v) is 3.28. The van der Waals surface area contributed by atoms with Crippen LogP contribution in [-0.2, 0) is 4.79 Å². The predicted octanol–water partition coefficient (Wildman–Crippen LogP) is 3.85. The minimum atomic E-state index is 0.185. The Morgan fingerprint density at radius 3 is 3.11 bits per heavy atom. The topological polar surface area (TPSA) is 30.2 Å². The number of rotatable bonds is 1. The first kappa shape index (κ1) is 11.5. The lowest BCUT2D eigenvalue weighted by Crippen LogP contribution is -2.35. The number of allylic oxidation sites excluding steroid dienone is 3. The summed E-state index contributed by atoms with van der Waals surface area (Å²) in [7, 11) is 0. The van der Waals surface area contributed by atoms with Gasteiger partial charge in [-0.05, 0) is 54.9 Å². The average Bonchev–Trinajstić information content (AvgIpc) is 2.86. The van der Waals surface area contributed by atoms with E-state index in [1.54, 1.807) is 6.26 Å². The summed E-state index contributed by atoms with van der Waals surface area (Å²) in [6.07, 6.45) is 11.1. The molecule has 0 saturated heterocycles. The van der Waals surface area contributed by atoms with Crippen LogP contribution in [0.2, 0.25) is 0 Å². The van der Waals surface area contributed by atoms with Crippen molar-refractivity contribution in [3.63, 3.8) is 0 Å². The summed E-state index contributed by atoms with van der Waals surface area (Å²) in [6.45, 7) is 2.15. The molecule has 1 saturated carbocycles. The highest BCUT2D eigenvalue weighted by molar-refractivity contribution is 6.02. The summed E-state index contributed by atoms with van der Waals surface area (Å²) in [5.41, 5.74) is 0.938. The molecule has 0 aliphatic heterocycles. The van der Waals surface area contributed by atoms with E-state index in [0.717, 1.165) is 30.6 Å². The van der Waals surface area contributed by atoms with Crippen LogP contribution in [-0.4, -0.2) is 5.78 Å². The van der Waals surface area contributed by atoms with Crippen LogP contribution in [0.1, 0.15) is 31.9 Å². The molecule has 0 amide bonds. The Bertz CT molecular complexity index is 493. The monoisotopic (exact) mass is 242 g/mol. The zero-order valence-corrected chi connectivity index (χ0v) is 10.6. The van der Waals surface area contributed by atoms with Crippen LogP contribution in [0.4, 0.5) is 0 Å². The maximum atomic E-state index is 12.6. The number of ketones is 1. The van der Waals surface area contributed by atoms with Crippen molar-refractivity contribution in [2.75, 3.05) is 0 Å². The van der Waals surface area contributed by atoms with Crippen LogP contribution in [0.3, 0.4) is 0 Å². The number of hydrogen-bond acceptors (Lipinski definition) is 2. The molecule has 3 rings (SSSR count). The van der Waals surface area contributed by atoms with Gasteiger partial charge < -0.3 is 4.42 Å². The Kier molecular flexibility index (Phi) is 2.94. The van der Waals surface area contributed by atoms with E-state index in [0.29, 0.717) is 17.6 Å². The lowest BCUT2D eigenvalue weighted by Gasteiger charge is -2.36. The zero-order valence-electron chi connectivity index (χ0n) is 10.6. The lowest BCUT2D eigenvalue weighted by atomic mass is 9.66. The molecule has 0 bridgehead atoms. The molecule has 94 valence electrons. The van der Waals surface area contributed by atoms with Gasteiger partial charge in [0.1, 0.15) is 5.76 Å². The number of carbonyl (C=O) groups is 1. The molecular formula is C16H18O2. The van der Waals surface area contributed by atoms with Crippen molar-refractivity contribution in [3.05, 3.63) is 41.9 Å². The fraction of sp³-hybridized carbons (Fsp3) is 0.438. The van der Waals surface area contributed by atoms with Crippen molar-refractivity contribution in [2.24, 2.45) is 17.8 Å². The van der Waals surface area contributed by atoms with Gasteiger partial charge in [0, 0.05) is 5.92 Å². The second-order valence-corrected chi connectivity index (χ2v) is 5.40. The third kappa shape index (κ3) is 1.96. The van der Waals surface area contributed by atoms with Gasteiger partial charge >= 0.3 is 0 Å². The number of furan rings is 1. The molecule has 1 heterocycles. The highest BCUT2D eigenvalue weighted by Gasteiger charge is 2.38. The normalized spacial score (nSPS) is 33.7. The van der Waals surface area contributed by atoms with Gasteiger partial charge in [-0.25, -0.2) is 0 Å². The standard InChI is InChI=1S/C16H18O2/c1-11-4-2-5-12-7-8-13(16(17)15(11)12)10-14-6-3-9-18-14/h2-4,6,9-12,15H,5,7-8H2,1H3. The Morgan fingerprint density at radius 2 is 2.33 bits per heavy atom. The minimum absolute atomic E-state index is 0.185. The Labute approximate surface area is 107 Å². The van der Waals surface area contributed by atoms with E-state index in [1.807, 2.05) is 18.2 Å². The number of Topliss-reactive ketones (excluding diaryl/α,β-unsaturated/α-hetero) is 1.